The molecule has 9 nitrogen and oxygen atoms in total. The van der Waals surface area contributed by atoms with Crippen molar-refractivity contribution < 1.29 is 12.8 Å². The number of hydrogen-bond acceptors (Lipinski definition) is 8. The van der Waals surface area contributed by atoms with Crippen LogP contribution in [0.5, 0.6) is 0 Å². The van der Waals surface area contributed by atoms with E-state index in [0.717, 1.165) is 0 Å². The molecule has 0 aliphatic rings. The Morgan fingerprint density at radius 1 is 1.03 bits per heavy atom. The Morgan fingerprint density at radius 2 is 1.88 bits per heavy atom. The number of hydrogen-bond donors (Lipinski definition) is 2. The van der Waals surface area contributed by atoms with Gasteiger partial charge < -0.3 is 5.32 Å². The van der Waals surface area contributed by atoms with E-state index in [-0.39, 0.29) is 10.7 Å². The van der Waals surface area contributed by atoms with Crippen LogP contribution in [-0.2, 0) is 10.0 Å². The average Bonchev–Trinajstić information content (AvgIpc) is 3.45. The fraction of sp³-hybridized carbons (Fsp3) is 0. The summed E-state index contributed by atoms with van der Waals surface area (Å²) in [6.45, 7) is 0. The maximum Gasteiger partial charge on any atom is 0.263 e. The number of nitrogens with one attached hydrogen (secondary N) is 2. The first-order valence-electron chi connectivity index (χ1n) is 9.24. The molecule has 0 aliphatic carbocycles. The van der Waals surface area contributed by atoms with E-state index in [1.165, 1.54) is 52.6 Å². The molecule has 0 fully saturated rings. The molecule has 2 N–H and O–H groups in total. The summed E-state index contributed by atoms with van der Waals surface area (Å²) in [5.74, 6) is 0.410. The summed E-state index contributed by atoms with van der Waals surface area (Å²) in [5, 5.41) is 9.26. The lowest BCUT2D eigenvalue weighted by Gasteiger charge is -2.10. The van der Waals surface area contributed by atoms with Gasteiger partial charge in [-0.2, -0.15) is 19.6 Å². The molecule has 3 heterocycles. The molecule has 0 saturated heterocycles. The van der Waals surface area contributed by atoms with E-state index in [1.807, 2.05) is 0 Å². The van der Waals surface area contributed by atoms with Gasteiger partial charge in [0, 0.05) is 28.9 Å². The van der Waals surface area contributed by atoms with Gasteiger partial charge in [0.25, 0.3) is 15.8 Å². The maximum absolute atomic E-state index is 13.7. The van der Waals surface area contributed by atoms with Gasteiger partial charge in [0.15, 0.2) is 5.13 Å². The summed E-state index contributed by atoms with van der Waals surface area (Å²) in [6, 6.07) is 14.0. The van der Waals surface area contributed by atoms with Crippen molar-refractivity contribution in [2.45, 2.75) is 4.90 Å². The van der Waals surface area contributed by atoms with Crippen LogP contribution in [0.25, 0.3) is 17.0 Å². The summed E-state index contributed by atoms with van der Waals surface area (Å²) >= 11 is 1.19. The molecule has 0 atom stereocenters. The largest absolute Gasteiger partial charge is 0.340 e. The van der Waals surface area contributed by atoms with Gasteiger partial charge in [-0.05, 0) is 36.4 Å². The highest BCUT2D eigenvalue weighted by Crippen LogP contribution is 2.26. The van der Waals surface area contributed by atoms with Gasteiger partial charge in [0.2, 0.25) is 0 Å². The lowest BCUT2D eigenvalue weighted by molar-refractivity contribution is 0.601. The molecule has 0 radical (unpaired) electrons. The van der Waals surface area contributed by atoms with Crippen molar-refractivity contribution in [2.24, 2.45) is 0 Å². The van der Waals surface area contributed by atoms with Crippen LogP contribution in [0.4, 0.5) is 21.0 Å². The van der Waals surface area contributed by atoms with Crippen molar-refractivity contribution in [1.29, 1.82) is 0 Å². The average molecular weight is 468 g/mol. The standard InChI is InChI=1S/C20H14FN7O2S2/c21-14-3-1-2-13(10-14)17-11-18(26-19-23-12-24-28(17)19)25-15-4-6-16(7-5-15)32(29,30)27-20-22-8-9-31-20/h1-12H,(H,22,27)(H,23,24,25,26). The van der Waals surface area contributed by atoms with Gasteiger partial charge in [-0.15, -0.1) is 11.3 Å². The van der Waals surface area contributed by atoms with Crippen molar-refractivity contribution in [2.75, 3.05) is 10.0 Å². The predicted molar refractivity (Wildman–Crippen MR) is 119 cm³/mol. The van der Waals surface area contributed by atoms with E-state index in [0.29, 0.717) is 33.7 Å². The second-order valence-corrected chi connectivity index (χ2v) is 9.18. The predicted octanol–water partition coefficient (Wildman–Crippen LogP) is 3.93. The quantitative estimate of drug-likeness (QED) is 0.389. The van der Waals surface area contributed by atoms with Crippen LogP contribution in [0.3, 0.4) is 0 Å². The molecule has 5 rings (SSSR count). The summed E-state index contributed by atoms with van der Waals surface area (Å²) in [6.07, 6.45) is 2.89. The van der Waals surface area contributed by atoms with Crippen molar-refractivity contribution in [1.82, 2.24) is 24.6 Å². The van der Waals surface area contributed by atoms with Crippen LogP contribution in [0.15, 0.2) is 77.4 Å². The number of fused-ring (bicyclic) bond motifs is 1. The van der Waals surface area contributed by atoms with Gasteiger partial charge in [-0.25, -0.2) is 17.8 Å². The lowest BCUT2D eigenvalue weighted by Crippen LogP contribution is -2.12. The third kappa shape index (κ3) is 4.00. The van der Waals surface area contributed by atoms with Crippen LogP contribution in [0.1, 0.15) is 0 Å². The van der Waals surface area contributed by atoms with Gasteiger partial charge in [-0.3, -0.25) is 4.72 Å². The molecule has 0 saturated carbocycles. The summed E-state index contributed by atoms with van der Waals surface area (Å²) in [5.41, 5.74) is 1.82. The minimum absolute atomic E-state index is 0.0968. The fourth-order valence-corrected chi connectivity index (χ4v) is 4.83. The Morgan fingerprint density at radius 3 is 2.62 bits per heavy atom. The number of thiazole rings is 1. The zero-order chi connectivity index (χ0) is 22.1. The Labute approximate surface area is 185 Å². The third-order valence-corrected chi connectivity index (χ3v) is 6.64. The number of nitrogens with zero attached hydrogens (tertiary/aromatic N) is 5. The molecule has 5 aromatic rings. The number of anilines is 3. The molecular weight excluding hydrogens is 453 g/mol. The third-order valence-electron chi connectivity index (χ3n) is 4.46. The van der Waals surface area contributed by atoms with Crippen molar-refractivity contribution in [3.63, 3.8) is 0 Å². The summed E-state index contributed by atoms with van der Waals surface area (Å²) < 4.78 is 42.7. The van der Waals surface area contributed by atoms with E-state index in [4.69, 9.17) is 0 Å². The topological polar surface area (TPSA) is 114 Å². The second-order valence-electron chi connectivity index (χ2n) is 6.60. The summed E-state index contributed by atoms with van der Waals surface area (Å²) in [7, 11) is -3.74. The molecule has 2 aromatic carbocycles. The van der Waals surface area contributed by atoms with Gasteiger partial charge >= 0.3 is 0 Å². The normalized spacial score (nSPS) is 11.5. The second kappa shape index (κ2) is 7.98. The molecular formula is C20H14FN7O2S2. The van der Waals surface area contributed by atoms with Gasteiger partial charge in [-0.1, -0.05) is 12.1 Å². The van der Waals surface area contributed by atoms with Crippen molar-refractivity contribution in [3.8, 4) is 11.3 Å². The Kier molecular flexibility index (Phi) is 4.99. The highest BCUT2D eigenvalue weighted by molar-refractivity contribution is 7.93. The van der Waals surface area contributed by atoms with E-state index in [2.05, 4.69) is 30.1 Å². The Hall–Kier alpha value is -3.90. The zero-order valence-corrected chi connectivity index (χ0v) is 17.8. The molecule has 3 aromatic heterocycles. The minimum atomic E-state index is -3.74. The number of aromatic nitrogens is 5. The molecule has 32 heavy (non-hydrogen) atoms. The van der Waals surface area contributed by atoms with Crippen LogP contribution in [0.2, 0.25) is 0 Å². The molecule has 0 aliphatic heterocycles. The minimum Gasteiger partial charge on any atom is -0.340 e. The highest BCUT2D eigenvalue weighted by Gasteiger charge is 2.16. The molecule has 0 amide bonds. The molecule has 0 unspecified atom stereocenters. The number of rotatable bonds is 6. The number of halogens is 1. The molecule has 0 bridgehead atoms. The Bertz CT molecular complexity index is 1500. The zero-order valence-electron chi connectivity index (χ0n) is 16.2. The van der Waals surface area contributed by atoms with Gasteiger partial charge in [0.05, 0.1) is 10.6 Å². The van der Waals surface area contributed by atoms with Crippen LogP contribution >= 0.6 is 11.3 Å². The van der Waals surface area contributed by atoms with E-state index < -0.39 is 10.0 Å². The lowest BCUT2D eigenvalue weighted by atomic mass is 10.1. The first kappa shape index (κ1) is 20.0. The number of benzene rings is 2. The monoisotopic (exact) mass is 467 g/mol. The molecule has 12 heteroatoms. The highest BCUT2D eigenvalue weighted by atomic mass is 32.2. The summed E-state index contributed by atoms with van der Waals surface area (Å²) in [4.78, 5) is 12.6. The van der Waals surface area contributed by atoms with Gasteiger partial charge in [0.1, 0.15) is 18.0 Å². The SMILES string of the molecule is O=S(=O)(Nc1nccs1)c1ccc(Nc2cc(-c3cccc(F)c3)n3ncnc3n2)cc1. The van der Waals surface area contributed by atoms with E-state index >= 15 is 0 Å². The maximum atomic E-state index is 13.7. The van der Waals surface area contributed by atoms with Crippen LogP contribution in [-0.4, -0.2) is 33.0 Å². The van der Waals surface area contributed by atoms with Crippen molar-refractivity contribution >= 4 is 43.8 Å². The first-order valence-corrected chi connectivity index (χ1v) is 11.6. The Balaban J connectivity index is 1.44. The first-order chi connectivity index (χ1) is 15.5. The number of sulfonamides is 1. The van der Waals surface area contributed by atoms with Crippen molar-refractivity contribution in [3.05, 3.63) is 78.3 Å². The fourth-order valence-electron chi connectivity index (χ4n) is 3.04. The van der Waals surface area contributed by atoms with E-state index in [1.54, 1.807) is 35.7 Å². The van der Waals surface area contributed by atoms with Crippen LogP contribution in [0, 0.1) is 5.82 Å². The smallest absolute Gasteiger partial charge is 0.263 e. The molecule has 160 valence electrons. The van der Waals surface area contributed by atoms with E-state index in [9.17, 15) is 12.8 Å². The van der Waals surface area contributed by atoms with Crippen LogP contribution < -0.4 is 10.0 Å². The molecule has 0 spiro atoms.